The van der Waals surface area contributed by atoms with Gasteiger partial charge in [0.25, 0.3) is 10.0 Å². The van der Waals surface area contributed by atoms with Crippen LogP contribution in [0.2, 0.25) is 5.02 Å². The first-order valence-corrected chi connectivity index (χ1v) is 11.2. The van der Waals surface area contributed by atoms with Crippen LogP contribution in [-0.2, 0) is 21.2 Å². The van der Waals surface area contributed by atoms with Crippen molar-refractivity contribution in [1.29, 1.82) is 0 Å². The van der Waals surface area contributed by atoms with Crippen molar-refractivity contribution in [2.45, 2.75) is 37.5 Å². The fourth-order valence-electron chi connectivity index (χ4n) is 3.04. The normalized spacial score (nSPS) is 15.1. The van der Waals surface area contributed by atoms with Crippen LogP contribution in [0, 0.1) is 6.92 Å². The number of anilines is 1. The van der Waals surface area contributed by atoms with Crippen LogP contribution in [0.4, 0.5) is 5.69 Å². The van der Waals surface area contributed by atoms with Crippen LogP contribution in [0.15, 0.2) is 34.5 Å². The van der Waals surface area contributed by atoms with E-state index < -0.39 is 10.0 Å². The monoisotopic (exact) mass is 412 g/mol. The number of amides is 1. The van der Waals surface area contributed by atoms with Crippen molar-refractivity contribution in [3.8, 4) is 0 Å². The number of carbonyl (C=O) groups excluding carboxylic acids is 1. The van der Waals surface area contributed by atoms with Crippen LogP contribution in [0.3, 0.4) is 0 Å². The third-order valence-electron chi connectivity index (χ3n) is 4.52. The van der Waals surface area contributed by atoms with Gasteiger partial charge in [0.2, 0.25) is 5.91 Å². The molecule has 0 spiro atoms. The molecule has 0 saturated carbocycles. The van der Waals surface area contributed by atoms with Gasteiger partial charge in [-0.25, -0.2) is 8.42 Å². The summed E-state index contributed by atoms with van der Waals surface area (Å²) in [4.78, 5) is 15.2. The Morgan fingerprint density at radius 3 is 2.69 bits per heavy atom. The maximum Gasteiger partial charge on any atom is 0.262 e. The highest BCUT2D eigenvalue weighted by Gasteiger charge is 2.22. The predicted octanol–water partition coefficient (Wildman–Crippen LogP) is 4.07. The molecule has 1 aromatic heterocycles. The highest BCUT2D eigenvalue weighted by atomic mass is 35.5. The molecular formula is C18H21ClN2O3S2. The Labute approximate surface area is 163 Å². The van der Waals surface area contributed by atoms with Gasteiger partial charge in [0.05, 0.1) is 17.0 Å². The highest BCUT2D eigenvalue weighted by molar-refractivity contribution is 7.92. The lowest BCUT2D eigenvalue weighted by atomic mass is 10.1. The maximum atomic E-state index is 12.8. The zero-order chi connectivity index (χ0) is 18.7. The number of carbonyl (C=O) groups is 1. The van der Waals surface area contributed by atoms with Crippen molar-refractivity contribution in [1.82, 2.24) is 4.90 Å². The summed E-state index contributed by atoms with van der Waals surface area (Å²) >= 11 is 7.43. The molecule has 1 aromatic carbocycles. The summed E-state index contributed by atoms with van der Waals surface area (Å²) in [6, 6.07) is 6.48. The molecule has 0 radical (unpaired) electrons. The molecule has 0 atom stereocenters. The second-order valence-corrected chi connectivity index (χ2v) is 9.40. The SMILES string of the molecule is Cc1c(Cl)cccc1S(=O)(=O)Nc1ccsc1CC(=O)N1CCCCC1. The van der Waals surface area contributed by atoms with Gasteiger partial charge < -0.3 is 4.90 Å². The van der Waals surface area contributed by atoms with Gasteiger partial charge in [-0.1, -0.05) is 17.7 Å². The molecule has 1 saturated heterocycles. The lowest BCUT2D eigenvalue weighted by Crippen LogP contribution is -2.36. The van der Waals surface area contributed by atoms with Crippen molar-refractivity contribution >= 4 is 44.6 Å². The van der Waals surface area contributed by atoms with Gasteiger partial charge >= 0.3 is 0 Å². The molecule has 1 aliphatic rings. The van der Waals surface area contributed by atoms with E-state index >= 15 is 0 Å². The van der Waals surface area contributed by atoms with Gasteiger partial charge in [0.1, 0.15) is 0 Å². The molecule has 26 heavy (non-hydrogen) atoms. The van der Waals surface area contributed by atoms with E-state index in [0.717, 1.165) is 37.2 Å². The smallest absolute Gasteiger partial charge is 0.262 e. The van der Waals surface area contributed by atoms with E-state index in [4.69, 9.17) is 11.6 Å². The molecule has 0 unspecified atom stereocenters. The standard InChI is InChI=1S/C18H21ClN2O3S2/c1-13-14(19)6-5-7-17(13)26(23,24)20-15-8-11-25-16(15)12-18(22)21-9-3-2-4-10-21/h5-8,11,20H,2-4,9-10,12H2,1H3. The molecule has 2 aromatic rings. The number of nitrogens with zero attached hydrogens (tertiary/aromatic N) is 1. The number of hydrogen-bond acceptors (Lipinski definition) is 4. The van der Waals surface area contributed by atoms with Crippen LogP contribution in [0.1, 0.15) is 29.7 Å². The topological polar surface area (TPSA) is 66.5 Å². The molecule has 140 valence electrons. The van der Waals surface area contributed by atoms with Crippen molar-refractivity contribution in [2.75, 3.05) is 17.8 Å². The first-order valence-electron chi connectivity index (χ1n) is 8.50. The Hall–Kier alpha value is -1.57. The molecule has 3 rings (SSSR count). The van der Waals surface area contributed by atoms with E-state index in [2.05, 4.69) is 4.72 Å². The minimum Gasteiger partial charge on any atom is -0.342 e. The molecule has 1 N–H and O–H groups in total. The number of sulfonamides is 1. The van der Waals surface area contributed by atoms with Crippen molar-refractivity contribution in [3.63, 3.8) is 0 Å². The fraction of sp³-hybridized carbons (Fsp3) is 0.389. The van der Waals surface area contributed by atoms with Crippen LogP contribution < -0.4 is 4.72 Å². The van der Waals surface area contributed by atoms with E-state index in [0.29, 0.717) is 16.3 Å². The Morgan fingerprint density at radius 1 is 1.23 bits per heavy atom. The summed E-state index contributed by atoms with van der Waals surface area (Å²) in [6.07, 6.45) is 3.43. The molecule has 5 nitrogen and oxygen atoms in total. The Morgan fingerprint density at radius 2 is 1.96 bits per heavy atom. The molecule has 0 bridgehead atoms. The number of nitrogens with one attached hydrogen (secondary N) is 1. The highest BCUT2D eigenvalue weighted by Crippen LogP contribution is 2.29. The average Bonchev–Trinajstić information content (AvgIpc) is 3.04. The second-order valence-electron chi connectivity index (χ2n) is 6.34. The van der Waals surface area contributed by atoms with E-state index in [1.54, 1.807) is 30.5 Å². The Kier molecular flexibility index (Phi) is 5.89. The summed E-state index contributed by atoms with van der Waals surface area (Å²) in [6.45, 7) is 3.24. The summed E-state index contributed by atoms with van der Waals surface area (Å²) in [5, 5.41) is 2.19. The molecular weight excluding hydrogens is 392 g/mol. The number of piperidine rings is 1. The van der Waals surface area contributed by atoms with Crippen molar-refractivity contribution in [3.05, 3.63) is 45.1 Å². The third kappa shape index (κ3) is 4.22. The van der Waals surface area contributed by atoms with Gasteiger partial charge in [-0.15, -0.1) is 11.3 Å². The van der Waals surface area contributed by atoms with Gasteiger partial charge in [0, 0.05) is 23.0 Å². The van der Waals surface area contributed by atoms with Crippen LogP contribution >= 0.6 is 22.9 Å². The fourth-order valence-corrected chi connectivity index (χ4v) is 5.52. The first kappa shape index (κ1) is 19.2. The third-order valence-corrected chi connectivity index (χ3v) is 7.36. The summed E-state index contributed by atoms with van der Waals surface area (Å²) in [7, 11) is -3.77. The number of benzene rings is 1. The van der Waals surface area contributed by atoms with Gasteiger partial charge in [0.15, 0.2) is 0 Å². The lowest BCUT2D eigenvalue weighted by molar-refractivity contribution is -0.131. The van der Waals surface area contributed by atoms with Crippen molar-refractivity contribution in [2.24, 2.45) is 0 Å². The van der Waals surface area contributed by atoms with Crippen LogP contribution in [0.25, 0.3) is 0 Å². The van der Waals surface area contributed by atoms with Gasteiger partial charge in [-0.05, 0) is 55.3 Å². The molecule has 2 heterocycles. The molecule has 8 heteroatoms. The molecule has 1 amide bonds. The second kappa shape index (κ2) is 7.98. The summed E-state index contributed by atoms with van der Waals surface area (Å²) in [5.41, 5.74) is 0.961. The number of hydrogen-bond donors (Lipinski definition) is 1. The molecule has 1 aliphatic heterocycles. The average molecular weight is 413 g/mol. The van der Waals surface area contributed by atoms with Crippen LogP contribution in [0.5, 0.6) is 0 Å². The number of likely N-dealkylation sites (tertiary alicyclic amines) is 1. The Bertz CT molecular complexity index is 903. The summed E-state index contributed by atoms with van der Waals surface area (Å²) < 4.78 is 28.1. The molecule has 1 fully saturated rings. The van der Waals surface area contributed by atoms with Crippen molar-refractivity contribution < 1.29 is 13.2 Å². The quantitative estimate of drug-likeness (QED) is 0.805. The van der Waals surface area contributed by atoms with E-state index in [1.165, 1.54) is 17.4 Å². The predicted molar refractivity (Wildman–Crippen MR) is 105 cm³/mol. The van der Waals surface area contributed by atoms with Crippen LogP contribution in [-0.4, -0.2) is 32.3 Å². The maximum absolute atomic E-state index is 12.8. The van der Waals surface area contributed by atoms with E-state index in [1.807, 2.05) is 4.90 Å². The number of thiophene rings is 1. The van der Waals surface area contributed by atoms with E-state index in [-0.39, 0.29) is 17.2 Å². The molecule has 0 aliphatic carbocycles. The zero-order valence-corrected chi connectivity index (χ0v) is 16.9. The Balaban J connectivity index is 1.78. The number of halogens is 1. The zero-order valence-electron chi connectivity index (χ0n) is 14.5. The van der Waals surface area contributed by atoms with Gasteiger partial charge in [-0.2, -0.15) is 0 Å². The largest absolute Gasteiger partial charge is 0.342 e. The summed E-state index contributed by atoms with van der Waals surface area (Å²) in [5.74, 6) is 0.0477. The van der Waals surface area contributed by atoms with E-state index in [9.17, 15) is 13.2 Å². The minimum absolute atomic E-state index is 0.0477. The van der Waals surface area contributed by atoms with Gasteiger partial charge in [-0.3, -0.25) is 9.52 Å². The number of rotatable bonds is 5. The first-order chi connectivity index (χ1) is 12.4. The minimum atomic E-state index is -3.77. The lowest BCUT2D eigenvalue weighted by Gasteiger charge is -2.26.